The van der Waals surface area contributed by atoms with Gasteiger partial charge in [-0.2, -0.15) is 0 Å². The molecular formula is C12H14N4O. The fourth-order valence-corrected chi connectivity index (χ4v) is 1.55. The Kier molecular flexibility index (Phi) is 3.18. The highest BCUT2D eigenvalue weighted by atomic mass is 16.5. The number of methoxy groups -OCH3 is 1. The van der Waals surface area contributed by atoms with Crippen LogP contribution in [-0.4, -0.2) is 22.1 Å². The highest BCUT2D eigenvalue weighted by Crippen LogP contribution is 2.26. The number of rotatable bonds is 3. The van der Waals surface area contributed by atoms with Crippen LogP contribution in [0, 0.1) is 0 Å². The Morgan fingerprint density at radius 2 is 2.18 bits per heavy atom. The molecule has 0 aliphatic rings. The van der Waals surface area contributed by atoms with Crippen LogP contribution in [0.5, 0.6) is 5.75 Å². The Morgan fingerprint density at radius 1 is 1.35 bits per heavy atom. The Bertz CT molecular complexity index is 528. The second-order valence-electron chi connectivity index (χ2n) is 3.53. The molecule has 0 saturated carbocycles. The van der Waals surface area contributed by atoms with Crippen molar-refractivity contribution in [1.82, 2.24) is 15.0 Å². The molecule has 0 aromatic carbocycles. The van der Waals surface area contributed by atoms with Crippen LogP contribution in [0.4, 0.5) is 5.82 Å². The predicted molar refractivity (Wildman–Crippen MR) is 65.6 cm³/mol. The molecular weight excluding hydrogens is 216 g/mol. The summed E-state index contributed by atoms with van der Waals surface area (Å²) in [5, 5.41) is 0. The average molecular weight is 230 g/mol. The Morgan fingerprint density at radius 3 is 2.82 bits per heavy atom. The number of hydrogen-bond acceptors (Lipinski definition) is 5. The predicted octanol–water partition coefficient (Wildman–Crippen LogP) is 1.69. The third-order valence-corrected chi connectivity index (χ3v) is 2.52. The van der Waals surface area contributed by atoms with Crippen LogP contribution in [-0.2, 0) is 6.42 Å². The second-order valence-corrected chi connectivity index (χ2v) is 3.53. The number of nitrogens with two attached hydrogens (primary N) is 1. The van der Waals surface area contributed by atoms with Crippen molar-refractivity contribution in [3.8, 4) is 17.1 Å². The van der Waals surface area contributed by atoms with E-state index in [1.165, 1.54) is 0 Å². The normalized spacial score (nSPS) is 10.2. The van der Waals surface area contributed by atoms with Crippen molar-refractivity contribution in [1.29, 1.82) is 0 Å². The maximum atomic E-state index is 5.85. The average Bonchev–Trinajstić information content (AvgIpc) is 2.38. The van der Waals surface area contributed by atoms with Crippen molar-refractivity contribution in [2.45, 2.75) is 13.3 Å². The standard InChI is InChI=1S/C12H14N4O/c1-3-8-6-15-12(16-11(8)13)9-7-14-5-4-10(9)17-2/h4-7H,3H2,1-2H3,(H2,13,15,16). The van der Waals surface area contributed by atoms with Gasteiger partial charge in [0.05, 0.1) is 12.7 Å². The summed E-state index contributed by atoms with van der Waals surface area (Å²) in [7, 11) is 1.60. The lowest BCUT2D eigenvalue weighted by molar-refractivity contribution is 0.415. The molecule has 2 aromatic heterocycles. The van der Waals surface area contributed by atoms with E-state index in [-0.39, 0.29) is 0 Å². The van der Waals surface area contributed by atoms with Crippen LogP contribution in [0.3, 0.4) is 0 Å². The summed E-state index contributed by atoms with van der Waals surface area (Å²) in [5.41, 5.74) is 7.53. The molecule has 0 fully saturated rings. The van der Waals surface area contributed by atoms with Gasteiger partial charge in [0, 0.05) is 24.2 Å². The maximum absolute atomic E-state index is 5.85. The molecule has 2 aromatic rings. The molecule has 2 heterocycles. The molecule has 5 nitrogen and oxygen atoms in total. The Labute approximate surface area is 99.7 Å². The van der Waals surface area contributed by atoms with Crippen molar-refractivity contribution in [2.75, 3.05) is 12.8 Å². The van der Waals surface area contributed by atoms with Gasteiger partial charge in [-0.25, -0.2) is 9.97 Å². The van der Waals surface area contributed by atoms with E-state index in [0.29, 0.717) is 17.4 Å². The van der Waals surface area contributed by atoms with Crippen LogP contribution >= 0.6 is 0 Å². The molecule has 88 valence electrons. The minimum atomic E-state index is 0.503. The first kappa shape index (κ1) is 11.3. The molecule has 0 aliphatic heterocycles. The lowest BCUT2D eigenvalue weighted by Crippen LogP contribution is -2.01. The lowest BCUT2D eigenvalue weighted by atomic mass is 10.2. The summed E-state index contributed by atoms with van der Waals surface area (Å²) < 4.78 is 5.24. The third-order valence-electron chi connectivity index (χ3n) is 2.52. The summed E-state index contributed by atoms with van der Waals surface area (Å²) in [4.78, 5) is 12.6. The molecule has 0 aliphatic carbocycles. The summed E-state index contributed by atoms with van der Waals surface area (Å²) in [6.07, 6.45) is 5.88. The van der Waals surface area contributed by atoms with Gasteiger partial charge in [0.1, 0.15) is 11.6 Å². The number of aromatic nitrogens is 3. The summed E-state index contributed by atoms with van der Waals surface area (Å²) in [5.74, 6) is 1.72. The molecule has 0 unspecified atom stereocenters. The Balaban J connectivity index is 2.49. The zero-order valence-corrected chi connectivity index (χ0v) is 9.84. The number of ether oxygens (including phenoxy) is 1. The molecule has 0 radical (unpaired) electrons. The summed E-state index contributed by atoms with van der Waals surface area (Å²) in [6, 6.07) is 1.77. The van der Waals surface area contributed by atoms with Gasteiger partial charge in [-0.1, -0.05) is 6.92 Å². The Hall–Kier alpha value is -2.17. The van der Waals surface area contributed by atoms with Crippen LogP contribution in [0.2, 0.25) is 0 Å². The number of nitrogen functional groups attached to an aromatic ring is 1. The summed E-state index contributed by atoms with van der Waals surface area (Å²) in [6.45, 7) is 2.01. The zero-order valence-electron chi connectivity index (χ0n) is 9.84. The molecule has 0 atom stereocenters. The molecule has 2 rings (SSSR count). The first-order valence-electron chi connectivity index (χ1n) is 5.36. The fourth-order valence-electron chi connectivity index (χ4n) is 1.55. The minimum absolute atomic E-state index is 0.503. The van der Waals surface area contributed by atoms with Crippen LogP contribution in [0.1, 0.15) is 12.5 Å². The van der Waals surface area contributed by atoms with Gasteiger partial charge < -0.3 is 10.5 Å². The van der Waals surface area contributed by atoms with Gasteiger partial charge in [-0.15, -0.1) is 0 Å². The van der Waals surface area contributed by atoms with Crippen molar-refractivity contribution in [2.24, 2.45) is 0 Å². The first-order valence-corrected chi connectivity index (χ1v) is 5.36. The number of pyridine rings is 1. The maximum Gasteiger partial charge on any atom is 0.166 e. The van der Waals surface area contributed by atoms with E-state index in [1.54, 1.807) is 31.8 Å². The number of hydrogen-bond donors (Lipinski definition) is 1. The van der Waals surface area contributed by atoms with Crippen LogP contribution in [0.25, 0.3) is 11.4 Å². The number of aryl methyl sites for hydroxylation is 1. The molecule has 0 bridgehead atoms. The van der Waals surface area contributed by atoms with E-state index in [1.807, 2.05) is 6.92 Å². The minimum Gasteiger partial charge on any atom is -0.496 e. The fraction of sp³-hybridized carbons (Fsp3) is 0.250. The van der Waals surface area contributed by atoms with Gasteiger partial charge >= 0.3 is 0 Å². The van der Waals surface area contributed by atoms with Gasteiger partial charge in [-0.05, 0) is 12.5 Å². The number of nitrogens with zero attached hydrogens (tertiary/aromatic N) is 3. The summed E-state index contributed by atoms with van der Waals surface area (Å²) >= 11 is 0. The molecule has 5 heteroatoms. The molecule has 0 spiro atoms. The van der Waals surface area contributed by atoms with E-state index in [9.17, 15) is 0 Å². The highest BCUT2D eigenvalue weighted by Gasteiger charge is 2.10. The van der Waals surface area contributed by atoms with E-state index >= 15 is 0 Å². The lowest BCUT2D eigenvalue weighted by Gasteiger charge is -2.08. The molecule has 0 amide bonds. The third kappa shape index (κ3) is 2.18. The zero-order chi connectivity index (χ0) is 12.3. The van der Waals surface area contributed by atoms with Crippen LogP contribution < -0.4 is 10.5 Å². The van der Waals surface area contributed by atoms with E-state index in [0.717, 1.165) is 17.5 Å². The SMILES string of the molecule is CCc1cnc(-c2cnccc2OC)nc1N. The topological polar surface area (TPSA) is 73.9 Å². The molecule has 17 heavy (non-hydrogen) atoms. The van der Waals surface area contributed by atoms with Gasteiger partial charge in [-0.3, -0.25) is 4.98 Å². The van der Waals surface area contributed by atoms with Gasteiger partial charge in [0.15, 0.2) is 5.82 Å². The second kappa shape index (κ2) is 4.78. The van der Waals surface area contributed by atoms with Crippen molar-refractivity contribution in [3.05, 3.63) is 30.2 Å². The molecule has 2 N–H and O–H groups in total. The smallest absolute Gasteiger partial charge is 0.166 e. The van der Waals surface area contributed by atoms with Gasteiger partial charge in [0.25, 0.3) is 0 Å². The quantitative estimate of drug-likeness (QED) is 0.868. The van der Waals surface area contributed by atoms with Crippen molar-refractivity contribution in [3.63, 3.8) is 0 Å². The largest absolute Gasteiger partial charge is 0.496 e. The highest BCUT2D eigenvalue weighted by molar-refractivity contribution is 5.64. The van der Waals surface area contributed by atoms with Crippen molar-refractivity contribution >= 4 is 5.82 Å². The van der Waals surface area contributed by atoms with E-state index < -0.39 is 0 Å². The monoisotopic (exact) mass is 230 g/mol. The van der Waals surface area contributed by atoms with E-state index in [4.69, 9.17) is 10.5 Å². The van der Waals surface area contributed by atoms with E-state index in [2.05, 4.69) is 15.0 Å². The van der Waals surface area contributed by atoms with Crippen LogP contribution in [0.15, 0.2) is 24.7 Å². The number of anilines is 1. The first-order chi connectivity index (χ1) is 8.26. The van der Waals surface area contributed by atoms with Crippen molar-refractivity contribution < 1.29 is 4.74 Å². The molecule has 0 saturated heterocycles. The van der Waals surface area contributed by atoms with Gasteiger partial charge in [0.2, 0.25) is 0 Å².